The van der Waals surface area contributed by atoms with E-state index in [2.05, 4.69) is 94.6 Å². The Bertz CT molecular complexity index is 2960. The van der Waals surface area contributed by atoms with Crippen LogP contribution in [0, 0.1) is 0 Å². The molecule has 1 spiro atoms. The predicted octanol–water partition coefficient (Wildman–Crippen LogP) is 10.8. The van der Waals surface area contributed by atoms with Gasteiger partial charge in [0.1, 0.15) is 0 Å². The first-order valence-electron chi connectivity index (χ1n) is 28.2. The maximum atomic E-state index is 15.7. The third kappa shape index (κ3) is 9.66. The number of benzene rings is 3. The fourth-order valence-electron chi connectivity index (χ4n) is 13.9. The molecule has 0 radical (unpaired) electrons. The Labute approximate surface area is 458 Å². The number of ether oxygens (including phenoxy) is 1. The van der Waals surface area contributed by atoms with E-state index in [0.717, 1.165) is 83.3 Å². The van der Waals surface area contributed by atoms with Crippen LogP contribution < -0.4 is 20.4 Å². The van der Waals surface area contributed by atoms with Gasteiger partial charge in [-0.1, -0.05) is 44.0 Å². The fraction of sp³-hybridized carbons (Fsp3) is 0.576. The van der Waals surface area contributed by atoms with Gasteiger partial charge in [-0.2, -0.15) is 13.2 Å². The quantitative estimate of drug-likeness (QED) is 0.0802. The zero-order valence-electron chi connectivity index (χ0n) is 47.9. The average Bonchev–Trinajstić information content (AvgIpc) is 4.18. The smallest absolute Gasteiger partial charge is 0.441 e. The van der Waals surface area contributed by atoms with E-state index < -0.39 is 42.8 Å². The number of anilines is 2. The number of likely N-dealkylation sites (tertiary alicyclic amines) is 1. The van der Waals surface area contributed by atoms with Crippen LogP contribution in [0.1, 0.15) is 182 Å². The van der Waals surface area contributed by atoms with Gasteiger partial charge < -0.3 is 44.0 Å². The van der Waals surface area contributed by atoms with Crippen molar-refractivity contribution in [3.05, 3.63) is 97.1 Å². The molecule has 1 fully saturated rings. The van der Waals surface area contributed by atoms with Gasteiger partial charge in [-0.3, -0.25) is 14.2 Å². The molecule has 6 heterocycles. The second-order valence-corrected chi connectivity index (χ2v) is 25.8. The Morgan fingerprint density at radius 3 is 1.96 bits per heavy atom. The Hall–Kier alpha value is -4.70. The number of carbonyl (C=O) groups excluding carboxylic acids is 3. The van der Waals surface area contributed by atoms with Crippen molar-refractivity contribution in [1.82, 2.24) is 10.2 Å². The fourth-order valence-corrected chi connectivity index (χ4v) is 15.9. The van der Waals surface area contributed by atoms with Gasteiger partial charge in [-0.05, 0) is 164 Å². The van der Waals surface area contributed by atoms with E-state index in [1.165, 1.54) is 35.7 Å². The molecule has 1 saturated heterocycles. The summed E-state index contributed by atoms with van der Waals surface area (Å²) < 4.78 is 87.9. The van der Waals surface area contributed by atoms with Gasteiger partial charge in [0.05, 0.1) is 46.3 Å². The lowest BCUT2D eigenvalue weighted by Gasteiger charge is -2.54. The zero-order valence-corrected chi connectivity index (χ0v) is 47.5. The lowest BCUT2D eigenvalue weighted by molar-refractivity contribution is -0.173. The van der Waals surface area contributed by atoms with Crippen LogP contribution in [-0.2, 0) is 51.8 Å². The summed E-state index contributed by atoms with van der Waals surface area (Å²) in [6, 6.07) is 7.24. The first kappa shape index (κ1) is 54.3. The summed E-state index contributed by atoms with van der Waals surface area (Å²) >= 11 is 7.33. The topological polar surface area (TPSA) is 158 Å². The summed E-state index contributed by atoms with van der Waals surface area (Å²) in [4.78, 5) is 46.3. The standard InChI is InChI=1S/C58H71ClF3N4O8P.CH4O/c1-33-30-54(4,5)65-21-15-17-38-48-43(28-40(33)50(38)65)57(44-29-41-34(2)31-55(6,7)66-22-16-18-39(51(41)66)49(44)56(48,8)9)42-26-37(27-45(59)47(42)52(69)74-57)75(71,73-24-14-12-20-63-53(70)58(60,61)62)72-23-13-10-11-19-46(68)64-32-36(67)25-35(64)3;1-2/h26-31,35-36,67H,10-25,32H2,1-9H3,(H,63,70);2H,1H3/t35-,36-,75?;/m1./s1/i3D;2T. The molecule has 3 aromatic rings. The Morgan fingerprint density at radius 1 is 0.883 bits per heavy atom. The van der Waals surface area contributed by atoms with Crippen LogP contribution in [-0.4, -0.2) is 110 Å². The molecular weight excluding hydrogens is 1030 g/mol. The molecule has 0 saturated carbocycles. The van der Waals surface area contributed by atoms with E-state index in [1.807, 2.05) is 5.32 Å². The van der Waals surface area contributed by atoms with E-state index in [-0.39, 0.29) is 91.4 Å². The molecule has 418 valence electrons. The molecule has 6 aliphatic heterocycles. The molecule has 3 N–H and O–H groups in total. The number of allylic oxidation sites excluding steroid dienone is 2. The summed E-state index contributed by atoms with van der Waals surface area (Å²) in [6.45, 7) is 19.3. The Kier molecular flexibility index (Phi) is 14.6. The number of alkyl halides is 3. The highest BCUT2D eigenvalue weighted by molar-refractivity contribution is 7.62. The number of fused-ring (bicyclic) bond motifs is 8. The molecule has 3 atom stereocenters. The summed E-state index contributed by atoms with van der Waals surface area (Å²) in [5.74, 6) is -2.83. The average molecular weight is 1110 g/mol. The molecule has 1 unspecified atom stereocenters. The minimum atomic E-state index is -5.04. The first-order chi connectivity index (χ1) is 37.2. The van der Waals surface area contributed by atoms with E-state index in [0.29, 0.717) is 31.2 Å². The van der Waals surface area contributed by atoms with Gasteiger partial charge in [0.2, 0.25) is 7.34 Å². The van der Waals surface area contributed by atoms with Crippen molar-refractivity contribution in [3.8, 4) is 0 Å². The number of aliphatic hydroxyl groups excluding tert-OH is 2. The largest absolute Gasteiger partial charge is 0.471 e. The van der Waals surface area contributed by atoms with Crippen molar-refractivity contribution >= 4 is 64.8 Å². The second-order valence-electron chi connectivity index (χ2n) is 23.4. The van der Waals surface area contributed by atoms with E-state index >= 15 is 9.36 Å². The monoisotopic (exact) mass is 1110 g/mol. The van der Waals surface area contributed by atoms with E-state index in [4.69, 9.17) is 28.2 Å². The minimum absolute atomic E-state index is 0.00674. The van der Waals surface area contributed by atoms with E-state index in [1.54, 1.807) is 11.0 Å². The normalized spacial score (nSPS) is 22.6. The molecule has 0 bridgehead atoms. The van der Waals surface area contributed by atoms with Gasteiger partial charge >= 0.3 is 25.6 Å². The number of nitrogens with one attached hydrogen (secondary N) is 1. The number of β-amino-alcohol motifs (C(OH)–C–C–N with tert-alkyl or cyclic N) is 1. The van der Waals surface area contributed by atoms with E-state index in [9.17, 15) is 27.9 Å². The molecular formula is C59H75ClF3N4O9P. The number of aliphatic hydroxyl groups is 2. The van der Waals surface area contributed by atoms with Crippen LogP contribution >= 0.6 is 19.2 Å². The van der Waals surface area contributed by atoms with Crippen molar-refractivity contribution in [2.24, 2.45) is 0 Å². The summed E-state index contributed by atoms with van der Waals surface area (Å²) in [7, 11) is -3.11. The highest BCUT2D eigenvalue weighted by atomic mass is 35.5. The van der Waals surface area contributed by atoms with Crippen LogP contribution in [0.25, 0.3) is 11.1 Å². The molecule has 1 aliphatic carbocycles. The Morgan fingerprint density at radius 2 is 1.43 bits per heavy atom. The molecule has 77 heavy (non-hydrogen) atoms. The number of hydrogen-bond donors (Lipinski definition) is 3. The van der Waals surface area contributed by atoms with Gasteiger partial charge in [-0.25, -0.2) is 4.79 Å². The van der Waals surface area contributed by atoms with Crippen molar-refractivity contribution in [2.45, 2.75) is 173 Å². The molecule has 3 aromatic carbocycles. The Balaban J connectivity index is 0.00000247. The van der Waals surface area contributed by atoms with Crippen LogP contribution in [0.15, 0.2) is 36.4 Å². The molecule has 7 aliphatic rings. The maximum Gasteiger partial charge on any atom is 0.471 e. The molecule has 13 nitrogen and oxygen atoms in total. The summed E-state index contributed by atoms with van der Waals surface area (Å²) in [5.41, 5.74) is 10.8. The van der Waals surface area contributed by atoms with Gasteiger partial charge in [0.15, 0.2) is 5.60 Å². The number of hydrogen-bond acceptors (Lipinski definition) is 11. The van der Waals surface area contributed by atoms with Crippen molar-refractivity contribution in [3.63, 3.8) is 0 Å². The van der Waals surface area contributed by atoms with Crippen LogP contribution in [0.2, 0.25) is 5.02 Å². The van der Waals surface area contributed by atoms with Crippen molar-refractivity contribution in [2.75, 3.05) is 56.3 Å². The molecule has 0 aromatic heterocycles. The highest BCUT2D eigenvalue weighted by Crippen LogP contribution is 2.64. The van der Waals surface area contributed by atoms with Crippen LogP contribution in [0.5, 0.6) is 0 Å². The number of amides is 2. The number of nitrogens with zero attached hydrogens (tertiary/aromatic N) is 3. The van der Waals surface area contributed by atoms with Gasteiger partial charge in [0, 0.05) is 91.7 Å². The third-order valence-corrected chi connectivity index (χ3v) is 19.2. The lowest BCUT2D eigenvalue weighted by atomic mass is 9.57. The van der Waals surface area contributed by atoms with Crippen LogP contribution in [0.3, 0.4) is 0 Å². The number of halogens is 4. The number of rotatable bonds is 14. The van der Waals surface area contributed by atoms with Crippen LogP contribution in [0.4, 0.5) is 24.5 Å². The zero-order chi connectivity index (χ0) is 57.4. The third-order valence-electron chi connectivity index (χ3n) is 17.0. The molecule has 18 heteroatoms. The number of unbranched alkanes of at least 4 members (excludes halogenated alkanes) is 3. The summed E-state index contributed by atoms with van der Waals surface area (Å²) in [5, 5.41) is 15.6. The SMILES string of the molecule is [2H]C[C@@H]1C[C@@H](O)CN1C(=O)CCCCCOP(=O)(OCCCCNC(=O)C(F)(F)F)c1cc(Cl)c2c(c1)C1(OC2=O)c2cc3c4c(c2C(C)(C)c2c1cc1c5c2CCCN5C(C)(C)C=C1C)CCCN4C(C)(C)C=C3C.[3H]OC. The van der Waals surface area contributed by atoms with Crippen molar-refractivity contribution < 1.29 is 57.5 Å². The number of esters is 1. The molecule has 2 amide bonds. The van der Waals surface area contributed by atoms with Gasteiger partial charge in [0.25, 0.3) is 0 Å². The molecule has 10 rings (SSSR count). The van der Waals surface area contributed by atoms with Gasteiger partial charge in [-0.15, -0.1) is 0 Å². The number of carbonyl (C=O) groups is 3. The maximum absolute atomic E-state index is 15.7. The summed E-state index contributed by atoms with van der Waals surface area (Å²) in [6.07, 6.45) is 4.49. The predicted molar refractivity (Wildman–Crippen MR) is 294 cm³/mol. The lowest BCUT2D eigenvalue weighted by Crippen LogP contribution is -2.51. The minimum Gasteiger partial charge on any atom is -0.441 e. The highest BCUT2D eigenvalue weighted by Gasteiger charge is 2.60. The first-order valence-corrected chi connectivity index (χ1v) is 29.0. The van der Waals surface area contributed by atoms with Crippen molar-refractivity contribution in [1.29, 1.82) is 1.43 Å². The second kappa shape index (κ2) is 20.8.